The van der Waals surface area contributed by atoms with Crippen molar-refractivity contribution < 1.29 is 13.9 Å². The molecule has 0 atom stereocenters. The maximum Gasteiger partial charge on any atom is 0.363 e. The number of hydrogen-bond donors (Lipinski definition) is 0. The van der Waals surface area contributed by atoms with Gasteiger partial charge in [-0.15, -0.1) is 0 Å². The van der Waals surface area contributed by atoms with Gasteiger partial charge in [-0.1, -0.05) is 47.6 Å². The van der Waals surface area contributed by atoms with Crippen molar-refractivity contribution in [1.29, 1.82) is 0 Å². The largest absolute Gasteiger partial charge is 0.465 e. The number of carbonyl (C=O) groups is 1. The first kappa shape index (κ1) is 18.2. The zero-order valence-corrected chi connectivity index (χ0v) is 16.2. The number of aliphatic imine (C=N–C) groups is 1. The molecular formula is C22H25NO3. The predicted molar refractivity (Wildman–Crippen MR) is 103 cm³/mol. The second-order valence-electron chi connectivity index (χ2n) is 8.65. The minimum Gasteiger partial charge on any atom is -0.465 e. The molecule has 0 unspecified atom stereocenters. The topological polar surface area (TPSA) is 51.8 Å². The zero-order chi connectivity index (χ0) is 19.1. The zero-order valence-electron chi connectivity index (χ0n) is 16.2. The first-order valence-electron chi connectivity index (χ1n) is 8.76. The van der Waals surface area contributed by atoms with Crippen molar-refractivity contribution in [3.63, 3.8) is 0 Å². The third-order valence-corrected chi connectivity index (χ3v) is 4.35. The van der Waals surface area contributed by atoms with Crippen LogP contribution >= 0.6 is 0 Å². The third kappa shape index (κ3) is 3.79. The molecule has 0 bridgehead atoms. The van der Waals surface area contributed by atoms with E-state index in [1.807, 2.05) is 0 Å². The lowest BCUT2D eigenvalue weighted by Crippen LogP contribution is -2.18. The van der Waals surface area contributed by atoms with Crippen molar-refractivity contribution in [2.45, 2.75) is 52.4 Å². The second kappa shape index (κ2) is 6.27. The lowest BCUT2D eigenvalue weighted by molar-refractivity contribution is -0.129. The normalized spacial score (nSPS) is 16.8. The van der Waals surface area contributed by atoms with Gasteiger partial charge in [-0.05, 0) is 46.2 Å². The summed E-state index contributed by atoms with van der Waals surface area (Å²) < 4.78 is 10.7. The van der Waals surface area contributed by atoms with Gasteiger partial charge in [0.1, 0.15) is 5.76 Å². The fourth-order valence-electron chi connectivity index (χ4n) is 2.66. The quantitative estimate of drug-likeness (QED) is 0.550. The number of ether oxygens (including phenoxy) is 1. The summed E-state index contributed by atoms with van der Waals surface area (Å²) in [6.45, 7) is 13.0. The van der Waals surface area contributed by atoms with Crippen LogP contribution in [0.4, 0.5) is 0 Å². The number of furan rings is 1. The average molecular weight is 351 g/mol. The molecule has 136 valence electrons. The van der Waals surface area contributed by atoms with E-state index in [0.717, 1.165) is 5.56 Å². The fraction of sp³-hybridized carbons (Fsp3) is 0.364. The van der Waals surface area contributed by atoms with Crippen LogP contribution in [0.2, 0.25) is 0 Å². The molecule has 0 saturated heterocycles. The number of rotatable bonds is 2. The average Bonchev–Trinajstić information content (AvgIpc) is 3.16. The van der Waals surface area contributed by atoms with E-state index in [4.69, 9.17) is 9.15 Å². The van der Waals surface area contributed by atoms with E-state index in [1.165, 1.54) is 11.1 Å². The maximum absolute atomic E-state index is 12.2. The number of esters is 1. The predicted octanol–water partition coefficient (Wildman–Crippen LogP) is 5.22. The Kier molecular flexibility index (Phi) is 4.39. The van der Waals surface area contributed by atoms with Crippen LogP contribution in [0.5, 0.6) is 0 Å². The van der Waals surface area contributed by atoms with E-state index in [2.05, 4.69) is 64.7 Å². The Morgan fingerprint density at radius 1 is 0.962 bits per heavy atom. The summed E-state index contributed by atoms with van der Waals surface area (Å²) in [4.78, 5) is 16.6. The van der Waals surface area contributed by atoms with Gasteiger partial charge in [0.05, 0.1) is 6.26 Å². The van der Waals surface area contributed by atoms with E-state index in [-0.39, 0.29) is 16.5 Å². The van der Waals surface area contributed by atoms with Crippen molar-refractivity contribution in [3.05, 3.63) is 64.7 Å². The molecule has 0 aliphatic carbocycles. The van der Waals surface area contributed by atoms with Crippen molar-refractivity contribution in [2.75, 3.05) is 0 Å². The molecule has 3 rings (SSSR count). The van der Waals surface area contributed by atoms with Crippen LogP contribution in [-0.4, -0.2) is 11.9 Å². The monoisotopic (exact) mass is 351 g/mol. The van der Waals surface area contributed by atoms with Gasteiger partial charge in [0.2, 0.25) is 5.90 Å². The lowest BCUT2D eigenvalue weighted by atomic mass is 9.79. The molecule has 0 radical (unpaired) electrons. The molecule has 0 N–H and O–H groups in total. The maximum atomic E-state index is 12.2. The van der Waals surface area contributed by atoms with E-state index < -0.39 is 5.97 Å². The highest BCUT2D eigenvalue weighted by Gasteiger charge is 2.27. The Balaban J connectivity index is 2.07. The third-order valence-electron chi connectivity index (χ3n) is 4.35. The van der Waals surface area contributed by atoms with Crippen LogP contribution in [0.1, 0.15) is 64.0 Å². The number of benzene rings is 1. The minimum atomic E-state index is -0.463. The van der Waals surface area contributed by atoms with Gasteiger partial charge in [0.15, 0.2) is 5.70 Å². The Labute approximate surface area is 154 Å². The smallest absolute Gasteiger partial charge is 0.363 e. The Bertz CT molecular complexity index is 856. The highest BCUT2D eigenvalue weighted by Crippen LogP contribution is 2.31. The highest BCUT2D eigenvalue weighted by molar-refractivity contribution is 6.12. The molecule has 1 aliphatic rings. The second-order valence-corrected chi connectivity index (χ2v) is 8.65. The summed E-state index contributed by atoms with van der Waals surface area (Å²) in [5, 5.41) is 0. The summed E-state index contributed by atoms with van der Waals surface area (Å²) in [6.07, 6.45) is 3.15. The molecule has 1 aromatic carbocycles. The molecule has 0 saturated carbocycles. The van der Waals surface area contributed by atoms with E-state index in [0.29, 0.717) is 11.7 Å². The molecule has 1 aliphatic heterocycles. The first-order valence-corrected chi connectivity index (χ1v) is 8.76. The van der Waals surface area contributed by atoms with E-state index in [1.54, 1.807) is 24.5 Å². The van der Waals surface area contributed by atoms with Crippen molar-refractivity contribution in [2.24, 2.45) is 4.99 Å². The Morgan fingerprint density at radius 3 is 2.08 bits per heavy atom. The minimum absolute atomic E-state index is 0.0218. The summed E-state index contributed by atoms with van der Waals surface area (Å²) in [5.74, 6) is 0.444. The van der Waals surface area contributed by atoms with Crippen LogP contribution in [0.25, 0.3) is 6.08 Å². The van der Waals surface area contributed by atoms with Gasteiger partial charge in [-0.2, -0.15) is 0 Å². The number of nitrogens with zero attached hydrogens (tertiary/aromatic N) is 1. The molecule has 0 fully saturated rings. The lowest BCUT2D eigenvalue weighted by Gasteiger charge is -2.26. The first-order chi connectivity index (χ1) is 12.0. The summed E-state index contributed by atoms with van der Waals surface area (Å²) in [6, 6.07) is 9.86. The van der Waals surface area contributed by atoms with Crippen LogP contribution in [0, 0.1) is 0 Å². The van der Waals surface area contributed by atoms with Crippen molar-refractivity contribution in [3.8, 4) is 0 Å². The molecule has 0 amide bonds. The summed E-state index contributed by atoms with van der Waals surface area (Å²) in [7, 11) is 0. The van der Waals surface area contributed by atoms with E-state index >= 15 is 0 Å². The standard InChI is InChI=1S/C22H25NO3/c1-21(2,3)15-10-14(11-16(12-15)22(4,5)6)19-23-18(20(24)26-19)13-17-8-7-9-25-17/h7-13H,1-6H3/b18-13+. The fourth-order valence-corrected chi connectivity index (χ4v) is 2.66. The van der Waals surface area contributed by atoms with Crippen LogP contribution in [-0.2, 0) is 20.4 Å². The van der Waals surface area contributed by atoms with Crippen LogP contribution < -0.4 is 0 Å². The molecule has 0 spiro atoms. The summed E-state index contributed by atoms with van der Waals surface area (Å²) in [5.41, 5.74) is 3.38. The molecule has 2 aromatic rings. The molecule has 1 aromatic heterocycles. The molecule has 2 heterocycles. The highest BCUT2D eigenvalue weighted by atomic mass is 16.6. The van der Waals surface area contributed by atoms with Crippen molar-refractivity contribution >= 4 is 17.9 Å². The van der Waals surface area contributed by atoms with Gasteiger partial charge in [0.25, 0.3) is 0 Å². The van der Waals surface area contributed by atoms with Gasteiger partial charge in [-0.25, -0.2) is 9.79 Å². The van der Waals surface area contributed by atoms with E-state index in [9.17, 15) is 4.79 Å². The number of hydrogen-bond acceptors (Lipinski definition) is 4. The van der Waals surface area contributed by atoms with Crippen molar-refractivity contribution in [1.82, 2.24) is 0 Å². The van der Waals surface area contributed by atoms with Crippen LogP contribution in [0.15, 0.2) is 51.7 Å². The number of cyclic esters (lactones) is 1. The Morgan fingerprint density at radius 2 is 1.58 bits per heavy atom. The van der Waals surface area contributed by atoms with Crippen LogP contribution in [0.3, 0.4) is 0 Å². The Hall–Kier alpha value is -2.62. The van der Waals surface area contributed by atoms with Gasteiger partial charge >= 0.3 is 5.97 Å². The number of carbonyl (C=O) groups excluding carboxylic acids is 1. The van der Waals surface area contributed by atoms with Gasteiger partial charge in [0, 0.05) is 11.6 Å². The van der Waals surface area contributed by atoms with Gasteiger partial charge < -0.3 is 9.15 Å². The molecule has 26 heavy (non-hydrogen) atoms. The molecule has 4 heteroatoms. The molecule has 4 nitrogen and oxygen atoms in total. The summed E-state index contributed by atoms with van der Waals surface area (Å²) >= 11 is 0. The van der Waals surface area contributed by atoms with Gasteiger partial charge in [-0.3, -0.25) is 0 Å². The molecular weight excluding hydrogens is 326 g/mol. The SMILES string of the molecule is CC(C)(C)c1cc(C2=N/C(=C/c3ccco3)C(=O)O2)cc(C(C)(C)C)c1.